The summed E-state index contributed by atoms with van der Waals surface area (Å²) in [5.41, 5.74) is 1.94. The van der Waals surface area contributed by atoms with E-state index in [1.807, 2.05) is 0 Å². The highest BCUT2D eigenvalue weighted by atomic mass is 19.4. The normalized spacial score (nSPS) is 12.7. The predicted octanol–water partition coefficient (Wildman–Crippen LogP) is 3.41. The Hall–Kier alpha value is -3.45. The van der Waals surface area contributed by atoms with Crippen molar-refractivity contribution in [2.24, 2.45) is 12.1 Å². The molecule has 0 aliphatic carbocycles. The van der Waals surface area contributed by atoms with Crippen LogP contribution in [-0.2, 0) is 19.8 Å². The number of hydrogen-bond acceptors (Lipinski definition) is 6. The molecule has 3 heterocycles. The van der Waals surface area contributed by atoms with Crippen molar-refractivity contribution >= 4 is 12.2 Å². The van der Waals surface area contributed by atoms with Gasteiger partial charge in [0.2, 0.25) is 5.95 Å². The Morgan fingerprint density at radius 2 is 1.87 bits per heavy atom. The molecule has 1 N–H and O–H groups in total. The van der Waals surface area contributed by atoms with Crippen molar-refractivity contribution in [3.8, 4) is 11.3 Å². The lowest BCUT2D eigenvalue weighted by molar-refractivity contribution is -0.143. The lowest BCUT2D eigenvalue weighted by atomic mass is 10.1. The van der Waals surface area contributed by atoms with Crippen molar-refractivity contribution in [1.29, 1.82) is 0 Å². The molecule has 0 unspecified atom stereocenters. The van der Waals surface area contributed by atoms with Gasteiger partial charge < -0.3 is 0 Å². The van der Waals surface area contributed by atoms with Gasteiger partial charge in [-0.05, 0) is 19.1 Å². The number of aryl methyl sites for hydroxylation is 2. The fourth-order valence-corrected chi connectivity index (χ4v) is 2.51. The van der Waals surface area contributed by atoms with Crippen LogP contribution in [0.25, 0.3) is 11.3 Å². The van der Waals surface area contributed by atoms with Gasteiger partial charge in [0.25, 0.3) is 0 Å². The standard InChI is InChI=1S/C16H14F6N8/c1-9-11(7-29(2)27-9)12-5-13(16(20,21)22)25-14(24-12)26-23-6-10-3-4-30(28-10)8-15(17,18)19/h3-7H,8H2,1-2H3,(H,24,25,26). The van der Waals surface area contributed by atoms with Crippen LogP contribution in [0.5, 0.6) is 0 Å². The smallest absolute Gasteiger partial charge is 0.275 e. The molecule has 0 amide bonds. The molecule has 14 heteroatoms. The lowest BCUT2D eigenvalue weighted by Crippen LogP contribution is -2.18. The van der Waals surface area contributed by atoms with E-state index in [-0.39, 0.29) is 11.4 Å². The number of nitrogens with zero attached hydrogens (tertiary/aromatic N) is 7. The number of alkyl halides is 6. The summed E-state index contributed by atoms with van der Waals surface area (Å²) in [5, 5.41) is 11.4. The molecule has 30 heavy (non-hydrogen) atoms. The summed E-state index contributed by atoms with van der Waals surface area (Å²) in [5.74, 6) is -0.450. The first-order valence-corrected chi connectivity index (χ1v) is 8.27. The van der Waals surface area contributed by atoms with Crippen LogP contribution in [-0.4, -0.2) is 41.9 Å². The fourth-order valence-electron chi connectivity index (χ4n) is 2.51. The van der Waals surface area contributed by atoms with Gasteiger partial charge in [-0.15, -0.1) is 0 Å². The summed E-state index contributed by atoms with van der Waals surface area (Å²) in [4.78, 5) is 7.40. The van der Waals surface area contributed by atoms with Crippen molar-refractivity contribution in [1.82, 2.24) is 29.5 Å². The number of aromatic nitrogens is 6. The van der Waals surface area contributed by atoms with Gasteiger partial charge in [-0.25, -0.2) is 15.4 Å². The van der Waals surface area contributed by atoms with Crippen molar-refractivity contribution in [3.63, 3.8) is 0 Å². The highest BCUT2D eigenvalue weighted by Gasteiger charge is 2.34. The monoisotopic (exact) mass is 432 g/mol. The highest BCUT2D eigenvalue weighted by molar-refractivity contribution is 5.77. The topological polar surface area (TPSA) is 85.8 Å². The Morgan fingerprint density at radius 3 is 2.47 bits per heavy atom. The minimum atomic E-state index is -4.73. The number of hydrazone groups is 1. The minimum absolute atomic E-state index is 0.0184. The summed E-state index contributed by atoms with van der Waals surface area (Å²) in [7, 11) is 1.61. The molecule has 0 spiro atoms. The average Bonchev–Trinajstić information content (AvgIpc) is 3.18. The van der Waals surface area contributed by atoms with Gasteiger partial charge in [0.15, 0.2) is 5.69 Å². The molecular formula is C16H14F6N8. The van der Waals surface area contributed by atoms with Crippen molar-refractivity contribution < 1.29 is 26.3 Å². The van der Waals surface area contributed by atoms with Crippen LogP contribution in [0, 0.1) is 6.92 Å². The molecule has 0 atom stereocenters. The maximum Gasteiger partial charge on any atom is 0.433 e. The van der Waals surface area contributed by atoms with Crippen LogP contribution in [0.15, 0.2) is 29.6 Å². The fraction of sp³-hybridized carbons (Fsp3) is 0.312. The van der Waals surface area contributed by atoms with Crippen LogP contribution >= 0.6 is 0 Å². The molecule has 0 aliphatic rings. The van der Waals surface area contributed by atoms with Crippen molar-refractivity contribution in [3.05, 3.63) is 41.6 Å². The molecule has 3 rings (SSSR count). The van der Waals surface area contributed by atoms with Gasteiger partial charge in [0.05, 0.1) is 17.6 Å². The first kappa shape index (κ1) is 21.3. The van der Waals surface area contributed by atoms with E-state index in [4.69, 9.17) is 0 Å². The lowest BCUT2D eigenvalue weighted by Gasteiger charge is -2.09. The van der Waals surface area contributed by atoms with Crippen LogP contribution in [0.1, 0.15) is 17.1 Å². The second-order valence-corrected chi connectivity index (χ2v) is 6.19. The average molecular weight is 432 g/mol. The van der Waals surface area contributed by atoms with E-state index in [2.05, 4.69) is 30.7 Å². The minimum Gasteiger partial charge on any atom is -0.275 e. The number of anilines is 1. The van der Waals surface area contributed by atoms with Gasteiger partial charge in [-0.2, -0.15) is 41.6 Å². The molecule has 8 nitrogen and oxygen atoms in total. The van der Waals surface area contributed by atoms with Gasteiger partial charge in [0, 0.05) is 25.0 Å². The van der Waals surface area contributed by atoms with Gasteiger partial charge in [-0.1, -0.05) is 0 Å². The van der Waals surface area contributed by atoms with Crippen molar-refractivity contribution in [2.45, 2.75) is 25.8 Å². The third kappa shape index (κ3) is 5.33. The third-order valence-corrected chi connectivity index (χ3v) is 3.67. The molecular weight excluding hydrogens is 418 g/mol. The van der Waals surface area contributed by atoms with Crippen LogP contribution in [0.4, 0.5) is 32.3 Å². The van der Waals surface area contributed by atoms with E-state index in [1.165, 1.54) is 16.9 Å². The van der Waals surface area contributed by atoms with E-state index < -0.39 is 30.5 Å². The molecule has 160 valence electrons. The van der Waals surface area contributed by atoms with Gasteiger partial charge >= 0.3 is 12.4 Å². The van der Waals surface area contributed by atoms with Crippen LogP contribution < -0.4 is 5.43 Å². The molecule has 0 saturated heterocycles. The van der Waals surface area contributed by atoms with E-state index in [0.717, 1.165) is 18.5 Å². The zero-order chi connectivity index (χ0) is 22.1. The summed E-state index contributed by atoms with van der Waals surface area (Å²) < 4.78 is 78.8. The molecule has 0 aromatic carbocycles. The number of nitrogens with one attached hydrogen (secondary N) is 1. The summed E-state index contributed by atoms with van der Waals surface area (Å²) in [6.45, 7) is 0.339. The number of halogens is 6. The summed E-state index contributed by atoms with van der Waals surface area (Å²) in [6, 6.07) is 2.05. The predicted molar refractivity (Wildman–Crippen MR) is 93.5 cm³/mol. The Bertz CT molecular complexity index is 1060. The first-order valence-electron chi connectivity index (χ1n) is 8.27. The van der Waals surface area contributed by atoms with Crippen molar-refractivity contribution in [2.75, 3.05) is 5.43 Å². The maximum atomic E-state index is 13.2. The second-order valence-electron chi connectivity index (χ2n) is 6.19. The third-order valence-electron chi connectivity index (χ3n) is 3.67. The molecule has 3 aromatic rings. The Labute approximate surface area is 165 Å². The SMILES string of the molecule is Cc1nn(C)cc1-c1cc(C(F)(F)F)nc(NN=Cc2ccn(CC(F)(F)F)n2)n1. The van der Waals surface area contributed by atoms with E-state index in [0.29, 0.717) is 15.9 Å². The van der Waals surface area contributed by atoms with E-state index >= 15 is 0 Å². The van der Waals surface area contributed by atoms with E-state index in [1.54, 1.807) is 14.0 Å². The molecule has 0 bridgehead atoms. The Morgan fingerprint density at radius 1 is 1.13 bits per heavy atom. The van der Waals surface area contributed by atoms with Gasteiger partial charge in [0.1, 0.15) is 12.2 Å². The number of hydrogen-bond donors (Lipinski definition) is 1. The molecule has 0 saturated carbocycles. The first-order chi connectivity index (χ1) is 13.9. The zero-order valence-corrected chi connectivity index (χ0v) is 15.5. The molecule has 0 radical (unpaired) electrons. The molecule has 3 aromatic heterocycles. The maximum absolute atomic E-state index is 13.2. The van der Waals surface area contributed by atoms with Gasteiger partial charge in [-0.3, -0.25) is 9.36 Å². The highest BCUT2D eigenvalue weighted by Crippen LogP contribution is 2.31. The number of rotatable bonds is 5. The van der Waals surface area contributed by atoms with Crippen LogP contribution in [0.3, 0.4) is 0 Å². The Balaban J connectivity index is 1.84. The zero-order valence-electron chi connectivity index (χ0n) is 15.5. The quantitative estimate of drug-likeness (QED) is 0.380. The largest absolute Gasteiger partial charge is 0.433 e. The molecule has 0 aliphatic heterocycles. The summed E-state index contributed by atoms with van der Waals surface area (Å²) in [6.07, 6.45) is -5.53. The molecule has 0 fully saturated rings. The summed E-state index contributed by atoms with van der Waals surface area (Å²) >= 11 is 0. The Kier molecular flexibility index (Phi) is 5.50. The van der Waals surface area contributed by atoms with Crippen LogP contribution in [0.2, 0.25) is 0 Å². The second kappa shape index (κ2) is 7.76. The van der Waals surface area contributed by atoms with E-state index in [9.17, 15) is 26.3 Å².